The Bertz CT molecular complexity index is 620. The Labute approximate surface area is 130 Å². The van der Waals surface area contributed by atoms with Crippen molar-refractivity contribution in [2.45, 2.75) is 33.6 Å². The summed E-state index contributed by atoms with van der Waals surface area (Å²) in [7, 11) is 0. The Morgan fingerprint density at radius 1 is 1.27 bits per heavy atom. The van der Waals surface area contributed by atoms with Crippen molar-refractivity contribution in [1.29, 1.82) is 0 Å². The summed E-state index contributed by atoms with van der Waals surface area (Å²) >= 11 is 0. The van der Waals surface area contributed by atoms with E-state index in [1.165, 1.54) is 0 Å². The molecule has 0 aliphatic carbocycles. The van der Waals surface area contributed by atoms with Gasteiger partial charge in [0.15, 0.2) is 5.69 Å². The zero-order valence-corrected chi connectivity index (χ0v) is 13.3. The molecular formula is C16H22N4O2. The number of unbranched alkanes of at least 4 members (excludes halogenated alkanes) is 1. The lowest BCUT2D eigenvalue weighted by Crippen LogP contribution is -2.25. The highest BCUT2D eigenvalue weighted by atomic mass is 16.5. The van der Waals surface area contributed by atoms with E-state index < -0.39 is 0 Å². The average molecular weight is 302 g/mol. The first-order valence-corrected chi connectivity index (χ1v) is 7.61. The molecule has 22 heavy (non-hydrogen) atoms. The number of carbonyl (C=O) groups excluding carboxylic acids is 1. The number of benzene rings is 1. The van der Waals surface area contributed by atoms with E-state index in [0.29, 0.717) is 18.8 Å². The lowest BCUT2D eigenvalue weighted by atomic mass is 10.2. The number of rotatable bonds is 7. The van der Waals surface area contributed by atoms with E-state index in [0.717, 1.165) is 30.0 Å². The first-order valence-electron chi connectivity index (χ1n) is 7.61. The van der Waals surface area contributed by atoms with Gasteiger partial charge in [-0.2, -0.15) is 0 Å². The van der Waals surface area contributed by atoms with Crippen molar-refractivity contribution in [3.8, 4) is 11.4 Å². The van der Waals surface area contributed by atoms with Crippen LogP contribution in [0.3, 0.4) is 0 Å². The van der Waals surface area contributed by atoms with E-state index in [4.69, 9.17) is 4.74 Å². The van der Waals surface area contributed by atoms with Gasteiger partial charge < -0.3 is 10.1 Å². The summed E-state index contributed by atoms with van der Waals surface area (Å²) in [4.78, 5) is 12.1. The standard InChI is InChI=1S/C16H22N4O2/c1-4-6-11-17-16(21)15-12(3)20(19-18-15)13-7-9-14(10-8-13)22-5-2/h7-10H,4-6,11H2,1-3H3,(H,17,21). The van der Waals surface area contributed by atoms with Gasteiger partial charge in [-0.25, -0.2) is 4.68 Å². The fourth-order valence-electron chi connectivity index (χ4n) is 2.10. The van der Waals surface area contributed by atoms with Crippen LogP contribution in [0.5, 0.6) is 5.75 Å². The minimum Gasteiger partial charge on any atom is -0.494 e. The minimum absolute atomic E-state index is 0.178. The van der Waals surface area contributed by atoms with Crippen molar-refractivity contribution >= 4 is 5.91 Å². The molecule has 1 aromatic heterocycles. The molecule has 2 aromatic rings. The Morgan fingerprint density at radius 3 is 2.64 bits per heavy atom. The highest BCUT2D eigenvalue weighted by Crippen LogP contribution is 2.17. The second kappa shape index (κ2) is 7.59. The summed E-state index contributed by atoms with van der Waals surface area (Å²) < 4.78 is 7.07. The maximum absolute atomic E-state index is 12.1. The van der Waals surface area contributed by atoms with Crippen LogP contribution in [0.4, 0.5) is 0 Å². The summed E-state index contributed by atoms with van der Waals surface area (Å²) in [5.41, 5.74) is 1.93. The number of amides is 1. The van der Waals surface area contributed by atoms with Gasteiger partial charge in [-0.1, -0.05) is 18.6 Å². The Kier molecular flexibility index (Phi) is 5.52. The largest absolute Gasteiger partial charge is 0.494 e. The normalized spacial score (nSPS) is 10.5. The third-order valence-corrected chi connectivity index (χ3v) is 3.32. The Hall–Kier alpha value is -2.37. The lowest BCUT2D eigenvalue weighted by Gasteiger charge is -2.06. The molecule has 0 fully saturated rings. The lowest BCUT2D eigenvalue weighted by molar-refractivity contribution is 0.0947. The molecule has 0 saturated heterocycles. The summed E-state index contributed by atoms with van der Waals surface area (Å²) in [6, 6.07) is 7.54. The summed E-state index contributed by atoms with van der Waals surface area (Å²) in [5.74, 6) is 0.629. The molecule has 0 unspecified atom stereocenters. The quantitative estimate of drug-likeness (QED) is 0.798. The first kappa shape index (κ1) is 16.0. The second-order valence-electron chi connectivity index (χ2n) is 4.97. The van der Waals surface area contributed by atoms with E-state index in [2.05, 4.69) is 22.6 Å². The minimum atomic E-state index is -0.178. The van der Waals surface area contributed by atoms with E-state index in [1.807, 2.05) is 38.1 Å². The number of aromatic nitrogens is 3. The fourth-order valence-corrected chi connectivity index (χ4v) is 2.10. The van der Waals surface area contributed by atoms with Gasteiger partial charge in [0, 0.05) is 6.54 Å². The van der Waals surface area contributed by atoms with Crippen LogP contribution in [0.25, 0.3) is 5.69 Å². The number of hydrogen-bond donors (Lipinski definition) is 1. The SMILES string of the molecule is CCCCNC(=O)c1nnn(-c2ccc(OCC)cc2)c1C. The van der Waals surface area contributed by atoms with Crippen molar-refractivity contribution in [3.05, 3.63) is 35.7 Å². The van der Waals surface area contributed by atoms with Gasteiger partial charge in [0.05, 0.1) is 18.0 Å². The van der Waals surface area contributed by atoms with Gasteiger partial charge in [-0.15, -0.1) is 5.10 Å². The molecule has 1 heterocycles. The molecule has 0 spiro atoms. The Balaban J connectivity index is 2.14. The maximum Gasteiger partial charge on any atom is 0.273 e. The molecule has 2 rings (SSSR count). The summed E-state index contributed by atoms with van der Waals surface area (Å²) in [5, 5.41) is 10.9. The molecule has 0 radical (unpaired) electrons. The summed E-state index contributed by atoms with van der Waals surface area (Å²) in [6.07, 6.45) is 2.00. The average Bonchev–Trinajstić information content (AvgIpc) is 2.90. The van der Waals surface area contributed by atoms with Crippen LogP contribution >= 0.6 is 0 Å². The van der Waals surface area contributed by atoms with Gasteiger partial charge in [0.1, 0.15) is 5.75 Å². The van der Waals surface area contributed by atoms with Gasteiger partial charge in [-0.05, 0) is 44.5 Å². The van der Waals surface area contributed by atoms with E-state index in [-0.39, 0.29) is 5.91 Å². The van der Waals surface area contributed by atoms with Crippen LogP contribution in [-0.4, -0.2) is 34.1 Å². The predicted molar refractivity (Wildman–Crippen MR) is 84.5 cm³/mol. The van der Waals surface area contributed by atoms with Gasteiger partial charge in [0.2, 0.25) is 0 Å². The molecule has 1 aromatic carbocycles. The maximum atomic E-state index is 12.1. The van der Waals surface area contributed by atoms with Crippen LogP contribution in [0.2, 0.25) is 0 Å². The van der Waals surface area contributed by atoms with Gasteiger partial charge in [-0.3, -0.25) is 4.79 Å². The van der Waals surface area contributed by atoms with Crippen molar-refractivity contribution in [1.82, 2.24) is 20.3 Å². The molecule has 0 aliphatic heterocycles. The van der Waals surface area contributed by atoms with E-state index >= 15 is 0 Å². The number of nitrogens with zero attached hydrogens (tertiary/aromatic N) is 3. The van der Waals surface area contributed by atoms with Crippen LogP contribution in [0.15, 0.2) is 24.3 Å². The molecule has 1 amide bonds. The highest BCUT2D eigenvalue weighted by molar-refractivity contribution is 5.93. The number of carbonyl (C=O) groups is 1. The number of hydrogen-bond acceptors (Lipinski definition) is 4. The molecule has 6 heteroatoms. The van der Waals surface area contributed by atoms with E-state index in [9.17, 15) is 4.79 Å². The molecule has 0 aliphatic rings. The van der Waals surface area contributed by atoms with Crippen molar-refractivity contribution < 1.29 is 9.53 Å². The zero-order chi connectivity index (χ0) is 15.9. The van der Waals surface area contributed by atoms with Crippen molar-refractivity contribution in [2.75, 3.05) is 13.2 Å². The highest BCUT2D eigenvalue weighted by Gasteiger charge is 2.16. The van der Waals surface area contributed by atoms with E-state index in [1.54, 1.807) is 4.68 Å². The molecular weight excluding hydrogens is 280 g/mol. The molecule has 1 N–H and O–H groups in total. The van der Waals surface area contributed by atoms with Crippen LogP contribution in [-0.2, 0) is 0 Å². The fraction of sp³-hybridized carbons (Fsp3) is 0.438. The third-order valence-electron chi connectivity index (χ3n) is 3.32. The summed E-state index contributed by atoms with van der Waals surface area (Å²) in [6.45, 7) is 7.15. The van der Waals surface area contributed by atoms with Gasteiger partial charge in [0.25, 0.3) is 5.91 Å². The first-order chi connectivity index (χ1) is 10.7. The monoisotopic (exact) mass is 302 g/mol. The molecule has 6 nitrogen and oxygen atoms in total. The molecule has 0 atom stereocenters. The number of ether oxygens (including phenoxy) is 1. The zero-order valence-electron chi connectivity index (χ0n) is 13.3. The third kappa shape index (κ3) is 3.63. The van der Waals surface area contributed by atoms with Crippen molar-refractivity contribution in [3.63, 3.8) is 0 Å². The predicted octanol–water partition coefficient (Wildman–Crippen LogP) is 2.50. The molecule has 118 valence electrons. The van der Waals surface area contributed by atoms with Crippen molar-refractivity contribution in [2.24, 2.45) is 0 Å². The second-order valence-corrected chi connectivity index (χ2v) is 4.97. The topological polar surface area (TPSA) is 69.0 Å². The molecule has 0 bridgehead atoms. The van der Waals surface area contributed by atoms with Crippen LogP contribution in [0, 0.1) is 6.92 Å². The Morgan fingerprint density at radius 2 is 2.00 bits per heavy atom. The number of nitrogens with one attached hydrogen (secondary N) is 1. The molecule has 0 saturated carbocycles. The smallest absolute Gasteiger partial charge is 0.273 e. The van der Waals surface area contributed by atoms with Crippen LogP contribution in [0.1, 0.15) is 42.9 Å². The van der Waals surface area contributed by atoms with Crippen LogP contribution < -0.4 is 10.1 Å². The van der Waals surface area contributed by atoms with Gasteiger partial charge >= 0.3 is 0 Å².